The van der Waals surface area contributed by atoms with Crippen molar-refractivity contribution in [2.75, 3.05) is 20.2 Å². The molecule has 0 bridgehead atoms. The van der Waals surface area contributed by atoms with Crippen molar-refractivity contribution < 1.29 is 9.53 Å². The fourth-order valence-corrected chi connectivity index (χ4v) is 2.52. The van der Waals surface area contributed by atoms with Crippen molar-refractivity contribution >= 4 is 33.2 Å². The molecular formula is C12H16BrNO2S. The van der Waals surface area contributed by atoms with E-state index < -0.39 is 0 Å². The predicted octanol–water partition coefficient (Wildman–Crippen LogP) is 3.06. The third-order valence-corrected chi connectivity index (χ3v) is 3.59. The van der Waals surface area contributed by atoms with Gasteiger partial charge in [0.1, 0.15) is 0 Å². The first kappa shape index (κ1) is 14.4. The van der Waals surface area contributed by atoms with Gasteiger partial charge in [0.15, 0.2) is 0 Å². The van der Waals surface area contributed by atoms with Crippen LogP contribution in [0.1, 0.15) is 12.5 Å². The fraction of sp³-hybridized carbons (Fsp3) is 0.417. The normalized spacial score (nSPS) is 11.3. The van der Waals surface area contributed by atoms with Crippen LogP contribution in [0.3, 0.4) is 0 Å². The van der Waals surface area contributed by atoms with Crippen LogP contribution >= 0.6 is 27.3 Å². The van der Waals surface area contributed by atoms with Gasteiger partial charge in [-0.1, -0.05) is 6.08 Å². The maximum atomic E-state index is 11.1. The molecule has 1 heterocycles. The van der Waals surface area contributed by atoms with E-state index >= 15 is 0 Å². The monoisotopic (exact) mass is 317 g/mol. The first-order chi connectivity index (χ1) is 8.11. The predicted molar refractivity (Wildman–Crippen MR) is 74.1 cm³/mol. The highest BCUT2D eigenvalue weighted by molar-refractivity contribution is 9.11. The number of halogens is 1. The minimum atomic E-state index is -0.279. The van der Waals surface area contributed by atoms with Crippen LogP contribution in [-0.4, -0.2) is 31.1 Å². The third-order valence-electron chi connectivity index (χ3n) is 2.03. The summed E-state index contributed by atoms with van der Waals surface area (Å²) in [4.78, 5) is 13.2. The number of nitrogens with zero attached hydrogens (tertiary/aromatic N) is 1. The Bertz CT molecular complexity index is 390. The number of ether oxygens (including phenoxy) is 1. The minimum absolute atomic E-state index is 0.279. The fourth-order valence-electron chi connectivity index (χ4n) is 1.32. The standard InChI is InChI=1S/C12H16BrNO2S/c1-3-16-12(15)5-4-6-14(2)8-10-7-11(13)17-9-10/h4-5,7,9H,3,6,8H2,1-2H3/b5-4+. The topological polar surface area (TPSA) is 29.5 Å². The van der Waals surface area contributed by atoms with E-state index in [9.17, 15) is 4.79 Å². The highest BCUT2D eigenvalue weighted by Crippen LogP contribution is 2.21. The molecule has 0 spiro atoms. The zero-order valence-corrected chi connectivity index (χ0v) is 12.4. The number of rotatable bonds is 6. The highest BCUT2D eigenvalue weighted by atomic mass is 79.9. The number of hydrogen-bond donors (Lipinski definition) is 0. The Morgan fingerprint density at radius 3 is 3.00 bits per heavy atom. The number of carbonyl (C=O) groups excluding carboxylic acids is 1. The summed E-state index contributed by atoms with van der Waals surface area (Å²) in [6.45, 7) is 3.82. The Kier molecular flexibility index (Phi) is 6.47. The summed E-state index contributed by atoms with van der Waals surface area (Å²) < 4.78 is 5.94. The average Bonchev–Trinajstić information content (AvgIpc) is 2.64. The van der Waals surface area contributed by atoms with Gasteiger partial charge in [0.2, 0.25) is 0 Å². The summed E-state index contributed by atoms with van der Waals surface area (Å²) in [5, 5.41) is 2.12. The van der Waals surface area contributed by atoms with Crippen LogP contribution in [0, 0.1) is 0 Å². The smallest absolute Gasteiger partial charge is 0.330 e. The molecule has 0 saturated carbocycles. The quantitative estimate of drug-likeness (QED) is 0.596. The summed E-state index contributed by atoms with van der Waals surface area (Å²) in [6.07, 6.45) is 3.29. The van der Waals surface area contributed by atoms with Crippen LogP contribution < -0.4 is 0 Å². The number of hydrogen-bond acceptors (Lipinski definition) is 4. The zero-order chi connectivity index (χ0) is 12.7. The third kappa shape index (κ3) is 6.00. The molecule has 0 N–H and O–H groups in total. The van der Waals surface area contributed by atoms with Crippen LogP contribution in [0.15, 0.2) is 27.4 Å². The Morgan fingerprint density at radius 1 is 1.65 bits per heavy atom. The molecule has 5 heteroatoms. The summed E-state index contributed by atoms with van der Waals surface area (Å²) in [5.74, 6) is -0.279. The van der Waals surface area contributed by atoms with Gasteiger partial charge in [-0.25, -0.2) is 4.79 Å². The van der Waals surface area contributed by atoms with Gasteiger partial charge in [-0.05, 0) is 46.9 Å². The lowest BCUT2D eigenvalue weighted by molar-refractivity contribution is -0.137. The lowest BCUT2D eigenvalue weighted by atomic mass is 10.3. The molecule has 0 aliphatic rings. The molecule has 0 aromatic carbocycles. The SMILES string of the molecule is CCOC(=O)/C=C/CN(C)Cc1csc(Br)c1. The first-order valence-electron chi connectivity index (χ1n) is 5.36. The van der Waals surface area contributed by atoms with Gasteiger partial charge >= 0.3 is 5.97 Å². The van der Waals surface area contributed by atoms with Crippen molar-refractivity contribution in [1.29, 1.82) is 0 Å². The van der Waals surface area contributed by atoms with Crippen molar-refractivity contribution in [2.24, 2.45) is 0 Å². The van der Waals surface area contributed by atoms with E-state index in [0.29, 0.717) is 6.61 Å². The molecule has 3 nitrogen and oxygen atoms in total. The molecule has 0 amide bonds. The summed E-state index contributed by atoms with van der Waals surface area (Å²) >= 11 is 5.12. The van der Waals surface area contributed by atoms with Crippen molar-refractivity contribution in [3.63, 3.8) is 0 Å². The van der Waals surface area contributed by atoms with Gasteiger partial charge in [0, 0.05) is 19.2 Å². The molecule has 1 rings (SSSR count). The van der Waals surface area contributed by atoms with E-state index in [1.165, 1.54) is 11.6 Å². The van der Waals surface area contributed by atoms with Gasteiger partial charge in [-0.2, -0.15) is 0 Å². The summed E-state index contributed by atoms with van der Waals surface area (Å²) in [7, 11) is 2.01. The Labute approximate surface area is 114 Å². The Balaban J connectivity index is 2.30. The van der Waals surface area contributed by atoms with Gasteiger partial charge < -0.3 is 4.74 Å². The minimum Gasteiger partial charge on any atom is -0.463 e. The zero-order valence-electron chi connectivity index (χ0n) is 9.98. The van der Waals surface area contributed by atoms with Crippen LogP contribution in [-0.2, 0) is 16.1 Å². The number of likely N-dealkylation sites (N-methyl/N-ethyl adjacent to an activating group) is 1. The number of esters is 1. The van der Waals surface area contributed by atoms with Gasteiger partial charge in [0.25, 0.3) is 0 Å². The lowest BCUT2D eigenvalue weighted by Gasteiger charge is -2.12. The van der Waals surface area contributed by atoms with Crippen LogP contribution in [0.2, 0.25) is 0 Å². The largest absolute Gasteiger partial charge is 0.463 e. The van der Waals surface area contributed by atoms with Crippen LogP contribution in [0.25, 0.3) is 0 Å². The Morgan fingerprint density at radius 2 is 2.41 bits per heavy atom. The number of thiophene rings is 1. The second-order valence-corrected chi connectivity index (χ2v) is 5.90. The van der Waals surface area contributed by atoms with E-state index in [-0.39, 0.29) is 5.97 Å². The molecule has 17 heavy (non-hydrogen) atoms. The molecule has 0 atom stereocenters. The molecule has 0 fully saturated rings. The van der Waals surface area contributed by atoms with Gasteiger partial charge in [0.05, 0.1) is 10.4 Å². The molecule has 1 aromatic rings. The molecule has 0 unspecified atom stereocenters. The van der Waals surface area contributed by atoms with E-state index in [2.05, 4.69) is 32.3 Å². The maximum Gasteiger partial charge on any atom is 0.330 e. The second kappa shape index (κ2) is 7.63. The average molecular weight is 318 g/mol. The van der Waals surface area contributed by atoms with Gasteiger partial charge in [-0.3, -0.25) is 4.90 Å². The van der Waals surface area contributed by atoms with Crippen LogP contribution in [0.5, 0.6) is 0 Å². The van der Waals surface area contributed by atoms with Gasteiger partial charge in [-0.15, -0.1) is 11.3 Å². The number of carbonyl (C=O) groups is 1. The maximum absolute atomic E-state index is 11.1. The van der Waals surface area contributed by atoms with E-state index in [0.717, 1.165) is 16.9 Å². The molecule has 94 valence electrons. The van der Waals surface area contributed by atoms with Crippen molar-refractivity contribution in [3.05, 3.63) is 32.9 Å². The Hall–Kier alpha value is -0.650. The van der Waals surface area contributed by atoms with E-state index in [1.807, 2.05) is 13.1 Å². The van der Waals surface area contributed by atoms with Crippen molar-refractivity contribution in [1.82, 2.24) is 4.90 Å². The molecule has 0 radical (unpaired) electrons. The van der Waals surface area contributed by atoms with Crippen molar-refractivity contribution in [3.8, 4) is 0 Å². The second-order valence-electron chi connectivity index (χ2n) is 3.61. The van der Waals surface area contributed by atoms with E-state index in [4.69, 9.17) is 4.74 Å². The molecule has 0 aliphatic carbocycles. The van der Waals surface area contributed by atoms with Crippen molar-refractivity contribution in [2.45, 2.75) is 13.5 Å². The molecular weight excluding hydrogens is 302 g/mol. The lowest BCUT2D eigenvalue weighted by Crippen LogP contribution is -2.17. The highest BCUT2D eigenvalue weighted by Gasteiger charge is 2.01. The summed E-state index contributed by atoms with van der Waals surface area (Å²) in [5.41, 5.74) is 1.27. The van der Waals surface area contributed by atoms with E-state index in [1.54, 1.807) is 18.3 Å². The molecule has 1 aromatic heterocycles. The first-order valence-corrected chi connectivity index (χ1v) is 7.03. The molecule has 0 saturated heterocycles. The van der Waals surface area contributed by atoms with Crippen LogP contribution in [0.4, 0.5) is 0 Å². The summed E-state index contributed by atoms with van der Waals surface area (Å²) in [6, 6.07) is 2.11. The molecule has 0 aliphatic heterocycles.